The minimum Gasteiger partial charge on any atom is -0.497 e. The highest BCUT2D eigenvalue weighted by Gasteiger charge is 2.07. The van der Waals surface area contributed by atoms with Gasteiger partial charge in [-0.25, -0.2) is 4.98 Å². The van der Waals surface area contributed by atoms with E-state index in [0.29, 0.717) is 30.0 Å². The number of aromatic nitrogens is 2. The molecule has 1 aromatic carbocycles. The number of anilines is 1. The van der Waals surface area contributed by atoms with Gasteiger partial charge < -0.3 is 15.5 Å². The Bertz CT molecular complexity index is 635. The van der Waals surface area contributed by atoms with Crippen LogP contribution in [-0.4, -0.2) is 17.1 Å². The molecule has 5 heteroatoms. The van der Waals surface area contributed by atoms with Gasteiger partial charge in [-0.2, -0.15) is 0 Å². The quantitative estimate of drug-likeness (QED) is 0.872. The van der Waals surface area contributed by atoms with Gasteiger partial charge in [-0.3, -0.25) is 4.79 Å². The van der Waals surface area contributed by atoms with Gasteiger partial charge in [0.05, 0.1) is 12.7 Å². The third-order valence-electron chi connectivity index (χ3n) is 2.96. The molecule has 0 fully saturated rings. The molecule has 0 unspecified atom stereocenters. The number of nitrogens with one attached hydrogen (secondary N) is 1. The molecule has 0 aliphatic heterocycles. The van der Waals surface area contributed by atoms with E-state index in [1.54, 1.807) is 7.11 Å². The van der Waals surface area contributed by atoms with Crippen LogP contribution in [0.4, 0.5) is 5.82 Å². The van der Waals surface area contributed by atoms with Crippen LogP contribution in [0.2, 0.25) is 0 Å². The van der Waals surface area contributed by atoms with Gasteiger partial charge in [0, 0.05) is 6.42 Å². The van der Waals surface area contributed by atoms with Gasteiger partial charge in [-0.05, 0) is 24.1 Å². The molecule has 0 aliphatic rings. The average molecular weight is 259 g/mol. The van der Waals surface area contributed by atoms with Gasteiger partial charge >= 0.3 is 0 Å². The first kappa shape index (κ1) is 13.1. The fourth-order valence-electron chi connectivity index (χ4n) is 1.96. The minimum absolute atomic E-state index is 0.159. The molecule has 2 aromatic rings. The van der Waals surface area contributed by atoms with Crippen LogP contribution in [0.3, 0.4) is 0 Å². The molecule has 0 saturated carbocycles. The zero-order chi connectivity index (χ0) is 13.8. The van der Waals surface area contributed by atoms with E-state index in [0.717, 1.165) is 11.3 Å². The predicted octanol–water partition coefficient (Wildman–Crippen LogP) is 1.51. The van der Waals surface area contributed by atoms with Crippen molar-refractivity contribution >= 4 is 5.82 Å². The van der Waals surface area contributed by atoms with E-state index < -0.39 is 0 Å². The van der Waals surface area contributed by atoms with Crippen LogP contribution in [0.5, 0.6) is 5.75 Å². The summed E-state index contributed by atoms with van der Waals surface area (Å²) < 4.78 is 5.16. The fraction of sp³-hybridized carbons (Fsp3) is 0.286. The van der Waals surface area contributed by atoms with Crippen LogP contribution in [0, 0.1) is 0 Å². The largest absolute Gasteiger partial charge is 0.497 e. The summed E-state index contributed by atoms with van der Waals surface area (Å²) >= 11 is 0. The monoisotopic (exact) mass is 259 g/mol. The van der Waals surface area contributed by atoms with E-state index in [1.165, 1.54) is 0 Å². The summed E-state index contributed by atoms with van der Waals surface area (Å²) in [6.45, 7) is 1.88. The minimum atomic E-state index is -0.159. The van der Waals surface area contributed by atoms with Crippen molar-refractivity contribution in [2.45, 2.75) is 19.8 Å². The maximum atomic E-state index is 11.8. The number of hydrogen-bond donors (Lipinski definition) is 2. The maximum absolute atomic E-state index is 11.8. The summed E-state index contributed by atoms with van der Waals surface area (Å²) in [5.74, 6) is 1.65. The van der Waals surface area contributed by atoms with Gasteiger partial charge in [-0.15, -0.1) is 0 Å². The number of nitrogen functional groups attached to an aromatic ring is 1. The Kier molecular flexibility index (Phi) is 3.85. The summed E-state index contributed by atoms with van der Waals surface area (Å²) in [6.07, 6.45) is 1.09. The fourth-order valence-corrected chi connectivity index (χ4v) is 1.96. The molecular formula is C14H17N3O2. The lowest BCUT2D eigenvalue weighted by Crippen LogP contribution is -2.19. The van der Waals surface area contributed by atoms with E-state index in [1.807, 2.05) is 31.2 Å². The van der Waals surface area contributed by atoms with Crippen molar-refractivity contribution in [1.82, 2.24) is 9.97 Å². The van der Waals surface area contributed by atoms with E-state index in [-0.39, 0.29) is 5.56 Å². The summed E-state index contributed by atoms with van der Waals surface area (Å²) in [5, 5.41) is 0. The molecule has 0 atom stereocenters. The Hall–Kier alpha value is -2.30. The topological polar surface area (TPSA) is 81.0 Å². The van der Waals surface area contributed by atoms with E-state index >= 15 is 0 Å². The van der Waals surface area contributed by atoms with Crippen molar-refractivity contribution in [2.75, 3.05) is 12.8 Å². The molecule has 5 nitrogen and oxygen atoms in total. The summed E-state index contributed by atoms with van der Waals surface area (Å²) in [5.41, 5.74) is 7.17. The second-order valence-electron chi connectivity index (χ2n) is 4.26. The number of benzene rings is 1. The Labute approximate surface area is 111 Å². The van der Waals surface area contributed by atoms with Gasteiger partial charge in [0.2, 0.25) is 0 Å². The second-order valence-corrected chi connectivity index (χ2v) is 4.26. The van der Waals surface area contributed by atoms with Crippen LogP contribution < -0.4 is 16.0 Å². The Morgan fingerprint density at radius 2 is 2.21 bits per heavy atom. The predicted molar refractivity (Wildman–Crippen MR) is 74.4 cm³/mol. The van der Waals surface area contributed by atoms with E-state index in [2.05, 4.69) is 9.97 Å². The number of hydrogen-bond acceptors (Lipinski definition) is 4. The van der Waals surface area contributed by atoms with Gasteiger partial charge in [0.15, 0.2) is 0 Å². The second kappa shape index (κ2) is 5.56. The zero-order valence-electron chi connectivity index (χ0n) is 11.1. The molecule has 1 heterocycles. The molecule has 3 N–H and O–H groups in total. The Morgan fingerprint density at radius 3 is 2.84 bits per heavy atom. The highest BCUT2D eigenvalue weighted by Crippen LogP contribution is 2.15. The van der Waals surface area contributed by atoms with Crippen LogP contribution in [-0.2, 0) is 12.8 Å². The molecule has 1 aromatic heterocycles. The van der Waals surface area contributed by atoms with E-state index in [9.17, 15) is 4.79 Å². The molecule has 19 heavy (non-hydrogen) atoms. The van der Waals surface area contributed by atoms with Crippen LogP contribution in [0.15, 0.2) is 29.1 Å². The van der Waals surface area contributed by atoms with Gasteiger partial charge in [-0.1, -0.05) is 19.1 Å². The SMILES string of the molecule is CCc1c(N)nc(Cc2cccc(OC)c2)[nH]c1=O. The lowest BCUT2D eigenvalue weighted by molar-refractivity contribution is 0.414. The number of methoxy groups -OCH3 is 1. The zero-order valence-corrected chi connectivity index (χ0v) is 11.1. The molecule has 0 aliphatic carbocycles. The molecule has 0 saturated heterocycles. The van der Waals surface area contributed by atoms with Crippen molar-refractivity contribution < 1.29 is 4.74 Å². The van der Waals surface area contributed by atoms with Crippen molar-refractivity contribution in [3.63, 3.8) is 0 Å². The smallest absolute Gasteiger partial charge is 0.256 e. The third kappa shape index (κ3) is 2.93. The van der Waals surface area contributed by atoms with Crippen LogP contribution in [0.1, 0.15) is 23.9 Å². The summed E-state index contributed by atoms with van der Waals surface area (Å²) in [6, 6.07) is 7.63. The van der Waals surface area contributed by atoms with Crippen molar-refractivity contribution in [1.29, 1.82) is 0 Å². The number of nitrogens with zero attached hydrogens (tertiary/aromatic N) is 1. The standard InChI is InChI=1S/C14H17N3O2/c1-3-11-13(15)16-12(17-14(11)18)8-9-5-4-6-10(7-9)19-2/h4-7H,3,8H2,1-2H3,(H3,15,16,17,18). The lowest BCUT2D eigenvalue weighted by atomic mass is 10.1. The Morgan fingerprint density at radius 1 is 1.42 bits per heavy atom. The number of H-pyrrole nitrogens is 1. The normalized spacial score (nSPS) is 10.4. The molecular weight excluding hydrogens is 242 g/mol. The maximum Gasteiger partial charge on any atom is 0.256 e. The van der Waals surface area contributed by atoms with Crippen molar-refractivity contribution in [2.24, 2.45) is 0 Å². The van der Waals surface area contributed by atoms with Gasteiger partial charge in [0.1, 0.15) is 17.4 Å². The van der Waals surface area contributed by atoms with Crippen molar-refractivity contribution in [3.05, 3.63) is 51.6 Å². The Balaban J connectivity index is 2.31. The first-order valence-corrected chi connectivity index (χ1v) is 6.14. The van der Waals surface area contributed by atoms with Crippen LogP contribution >= 0.6 is 0 Å². The highest BCUT2D eigenvalue weighted by molar-refractivity contribution is 5.38. The third-order valence-corrected chi connectivity index (χ3v) is 2.96. The van der Waals surface area contributed by atoms with E-state index in [4.69, 9.17) is 10.5 Å². The highest BCUT2D eigenvalue weighted by atomic mass is 16.5. The molecule has 0 spiro atoms. The molecule has 0 amide bonds. The summed E-state index contributed by atoms with van der Waals surface area (Å²) in [7, 11) is 1.62. The summed E-state index contributed by atoms with van der Waals surface area (Å²) in [4.78, 5) is 18.8. The number of nitrogens with two attached hydrogens (primary N) is 1. The molecule has 2 rings (SSSR count). The number of rotatable bonds is 4. The molecule has 0 radical (unpaired) electrons. The lowest BCUT2D eigenvalue weighted by Gasteiger charge is -2.06. The van der Waals surface area contributed by atoms with Crippen molar-refractivity contribution in [3.8, 4) is 5.75 Å². The number of ether oxygens (including phenoxy) is 1. The van der Waals surface area contributed by atoms with Gasteiger partial charge in [0.25, 0.3) is 5.56 Å². The van der Waals surface area contributed by atoms with Crippen LogP contribution in [0.25, 0.3) is 0 Å². The molecule has 100 valence electrons. The molecule has 0 bridgehead atoms. The average Bonchev–Trinajstić information content (AvgIpc) is 2.38. The first-order chi connectivity index (χ1) is 9.13. The first-order valence-electron chi connectivity index (χ1n) is 6.14. The number of aromatic amines is 1.